The number of urea groups is 1. The van der Waals surface area contributed by atoms with E-state index in [4.69, 9.17) is 17.3 Å². The monoisotopic (exact) mass is 447 g/mol. The van der Waals surface area contributed by atoms with Crippen molar-refractivity contribution in [3.63, 3.8) is 0 Å². The van der Waals surface area contributed by atoms with E-state index in [0.29, 0.717) is 23.7 Å². The number of rotatable bonds is 6. The van der Waals surface area contributed by atoms with Crippen LogP contribution in [0.3, 0.4) is 0 Å². The molecule has 1 saturated heterocycles. The zero-order valence-electron chi connectivity index (χ0n) is 17.0. The molecule has 1 aromatic carbocycles. The number of pyridine rings is 1. The van der Waals surface area contributed by atoms with Crippen LogP contribution in [-0.4, -0.2) is 34.9 Å². The first-order chi connectivity index (χ1) is 14.7. The number of carbonyl (C=O) groups excluding carboxylic acids is 3. The number of hydrogen-bond acceptors (Lipinski definition) is 4. The summed E-state index contributed by atoms with van der Waals surface area (Å²) in [5.41, 5.74) is 4.58. The Labute approximate surface area is 184 Å². The van der Waals surface area contributed by atoms with Crippen LogP contribution in [-0.2, 0) is 16.0 Å². The highest BCUT2D eigenvalue weighted by molar-refractivity contribution is 6.30. The molecule has 1 aliphatic rings. The van der Waals surface area contributed by atoms with Gasteiger partial charge in [-0.3, -0.25) is 14.9 Å². The highest BCUT2D eigenvalue weighted by Crippen LogP contribution is 2.25. The molecule has 0 spiro atoms. The summed E-state index contributed by atoms with van der Waals surface area (Å²) in [7, 11) is 0. The molecule has 3 rings (SSSR count). The summed E-state index contributed by atoms with van der Waals surface area (Å²) in [4.78, 5) is 42.0. The lowest BCUT2D eigenvalue weighted by Crippen LogP contribution is -2.58. The van der Waals surface area contributed by atoms with E-state index < -0.39 is 23.3 Å². The second-order valence-corrected chi connectivity index (χ2v) is 8.03. The lowest BCUT2D eigenvalue weighted by molar-refractivity contribution is -0.123. The van der Waals surface area contributed by atoms with Crippen LogP contribution >= 0.6 is 11.6 Å². The second-order valence-electron chi connectivity index (χ2n) is 7.59. The number of benzene rings is 1. The summed E-state index contributed by atoms with van der Waals surface area (Å²) in [5.74, 6) is -1.25. The molecule has 0 radical (unpaired) electrons. The van der Waals surface area contributed by atoms with Gasteiger partial charge in [0, 0.05) is 31.3 Å². The zero-order valence-corrected chi connectivity index (χ0v) is 17.7. The number of nitrogens with zero attached hydrogens (tertiary/aromatic N) is 2. The van der Waals surface area contributed by atoms with Crippen molar-refractivity contribution >= 4 is 41.0 Å². The molecule has 4 N–H and O–H groups in total. The van der Waals surface area contributed by atoms with E-state index in [1.165, 1.54) is 31.3 Å². The lowest BCUT2D eigenvalue weighted by atomic mass is 9.91. The maximum Gasteiger partial charge on any atom is 0.321 e. The van der Waals surface area contributed by atoms with E-state index >= 15 is 0 Å². The maximum atomic E-state index is 14.8. The van der Waals surface area contributed by atoms with Gasteiger partial charge in [-0.25, -0.2) is 14.2 Å². The van der Waals surface area contributed by atoms with Crippen molar-refractivity contribution in [1.29, 1.82) is 0 Å². The molecule has 164 valence electrons. The minimum Gasteiger partial charge on any atom is -0.368 e. The standard InChI is InChI=1S/C21H23ClFN5O3/c1-21(19(24)30,27-20(31)26-17-8-6-14(22)12-25-17)11-13-5-7-15(10-16(13)23)28-9-3-2-4-18(28)29/h5-8,10,12H,2-4,9,11H2,1H3,(H2,24,30)(H2,25,26,27,31). The number of halogens is 2. The predicted molar refractivity (Wildman–Crippen MR) is 115 cm³/mol. The van der Waals surface area contributed by atoms with Crippen molar-refractivity contribution in [2.75, 3.05) is 16.8 Å². The molecule has 1 unspecified atom stereocenters. The van der Waals surface area contributed by atoms with Crippen LogP contribution in [0, 0.1) is 5.82 Å². The number of anilines is 2. The largest absolute Gasteiger partial charge is 0.368 e. The van der Waals surface area contributed by atoms with Gasteiger partial charge in [-0.2, -0.15) is 0 Å². The van der Waals surface area contributed by atoms with Gasteiger partial charge >= 0.3 is 6.03 Å². The van der Waals surface area contributed by atoms with E-state index in [0.717, 1.165) is 12.8 Å². The number of nitrogens with two attached hydrogens (primary N) is 1. The molecule has 4 amide bonds. The predicted octanol–water partition coefficient (Wildman–Crippen LogP) is 3.00. The fraction of sp³-hybridized carbons (Fsp3) is 0.333. The van der Waals surface area contributed by atoms with Crippen molar-refractivity contribution in [3.05, 3.63) is 52.9 Å². The Morgan fingerprint density at radius 2 is 2.06 bits per heavy atom. The van der Waals surface area contributed by atoms with Crippen molar-refractivity contribution in [2.45, 2.75) is 38.1 Å². The first-order valence-electron chi connectivity index (χ1n) is 9.77. The number of aromatic nitrogens is 1. The highest BCUT2D eigenvalue weighted by Gasteiger charge is 2.34. The topological polar surface area (TPSA) is 117 Å². The summed E-state index contributed by atoms with van der Waals surface area (Å²) in [6.07, 6.45) is 3.30. The minimum absolute atomic E-state index is 0.0467. The molecule has 2 heterocycles. The van der Waals surface area contributed by atoms with Crippen LogP contribution in [0.2, 0.25) is 5.02 Å². The molecule has 0 aliphatic carbocycles. The highest BCUT2D eigenvalue weighted by atomic mass is 35.5. The molecule has 8 nitrogen and oxygen atoms in total. The van der Waals surface area contributed by atoms with Gasteiger partial charge in [0.2, 0.25) is 11.8 Å². The Balaban J connectivity index is 1.73. The number of primary amides is 1. The van der Waals surface area contributed by atoms with Crippen molar-refractivity contribution < 1.29 is 18.8 Å². The van der Waals surface area contributed by atoms with Gasteiger partial charge in [-0.15, -0.1) is 0 Å². The molecule has 1 atom stereocenters. The Hall–Kier alpha value is -3.20. The fourth-order valence-corrected chi connectivity index (χ4v) is 3.46. The van der Waals surface area contributed by atoms with Crippen LogP contribution < -0.4 is 21.3 Å². The van der Waals surface area contributed by atoms with Crippen LogP contribution in [0.25, 0.3) is 0 Å². The minimum atomic E-state index is -1.57. The second kappa shape index (κ2) is 9.30. The Morgan fingerprint density at radius 3 is 2.68 bits per heavy atom. The molecule has 1 aromatic heterocycles. The van der Waals surface area contributed by atoms with Crippen molar-refractivity contribution in [1.82, 2.24) is 10.3 Å². The number of hydrogen-bond donors (Lipinski definition) is 3. The van der Waals surface area contributed by atoms with Crippen LogP contribution in [0.1, 0.15) is 31.7 Å². The molecular weight excluding hydrogens is 425 g/mol. The van der Waals surface area contributed by atoms with Gasteiger partial charge in [0.05, 0.1) is 5.02 Å². The van der Waals surface area contributed by atoms with Gasteiger partial charge in [0.1, 0.15) is 17.2 Å². The average Bonchev–Trinajstić information content (AvgIpc) is 2.71. The number of nitrogens with one attached hydrogen (secondary N) is 2. The first kappa shape index (κ1) is 22.5. The van der Waals surface area contributed by atoms with Crippen LogP contribution in [0.15, 0.2) is 36.5 Å². The van der Waals surface area contributed by atoms with Gasteiger partial charge in [0.25, 0.3) is 0 Å². The van der Waals surface area contributed by atoms with Gasteiger partial charge < -0.3 is 16.0 Å². The molecule has 0 saturated carbocycles. The molecule has 1 aliphatic heterocycles. The first-order valence-corrected chi connectivity index (χ1v) is 10.2. The summed E-state index contributed by atoms with van der Waals surface area (Å²) in [6, 6.07) is 6.68. The Kier molecular flexibility index (Phi) is 6.74. The SMILES string of the molecule is CC(Cc1ccc(N2CCCCC2=O)cc1F)(NC(=O)Nc1ccc(Cl)cn1)C(N)=O. The number of carbonyl (C=O) groups is 3. The third kappa shape index (κ3) is 5.49. The molecule has 0 bridgehead atoms. The Bertz CT molecular complexity index is 1000. The zero-order chi connectivity index (χ0) is 22.6. The lowest BCUT2D eigenvalue weighted by Gasteiger charge is -2.29. The van der Waals surface area contributed by atoms with E-state index in [-0.39, 0.29) is 23.7 Å². The fourth-order valence-electron chi connectivity index (χ4n) is 3.35. The van der Waals surface area contributed by atoms with Gasteiger partial charge in [-0.05, 0) is 49.6 Å². The molecule has 31 heavy (non-hydrogen) atoms. The van der Waals surface area contributed by atoms with Gasteiger partial charge in [-0.1, -0.05) is 17.7 Å². The molecule has 1 fully saturated rings. The summed E-state index contributed by atoms with van der Waals surface area (Å²) in [5, 5.41) is 5.36. The number of piperidine rings is 1. The molecular formula is C21H23ClFN5O3. The van der Waals surface area contributed by atoms with E-state index in [9.17, 15) is 18.8 Å². The molecule has 10 heteroatoms. The molecule has 2 aromatic rings. The number of amides is 4. The van der Waals surface area contributed by atoms with Gasteiger partial charge in [0.15, 0.2) is 0 Å². The maximum absolute atomic E-state index is 14.8. The van der Waals surface area contributed by atoms with E-state index in [1.807, 2.05) is 0 Å². The third-order valence-corrected chi connectivity index (χ3v) is 5.34. The Morgan fingerprint density at radius 1 is 1.29 bits per heavy atom. The van der Waals surface area contributed by atoms with E-state index in [2.05, 4.69) is 15.6 Å². The van der Waals surface area contributed by atoms with Crippen LogP contribution in [0.5, 0.6) is 0 Å². The smallest absolute Gasteiger partial charge is 0.321 e. The van der Waals surface area contributed by atoms with E-state index in [1.54, 1.807) is 17.0 Å². The third-order valence-electron chi connectivity index (χ3n) is 5.12. The normalized spacial score (nSPS) is 15.8. The van der Waals surface area contributed by atoms with Crippen molar-refractivity contribution in [2.24, 2.45) is 5.73 Å². The summed E-state index contributed by atoms with van der Waals surface area (Å²) >= 11 is 5.76. The quantitative estimate of drug-likeness (QED) is 0.630. The average molecular weight is 448 g/mol. The summed E-state index contributed by atoms with van der Waals surface area (Å²) in [6.45, 7) is 1.95. The van der Waals surface area contributed by atoms with Crippen molar-refractivity contribution in [3.8, 4) is 0 Å². The summed E-state index contributed by atoms with van der Waals surface area (Å²) < 4.78 is 14.8. The van der Waals surface area contributed by atoms with Crippen LogP contribution in [0.4, 0.5) is 20.7 Å².